The Balaban J connectivity index is 1.64. The van der Waals surface area contributed by atoms with Crippen molar-refractivity contribution in [3.8, 4) is 5.75 Å². The summed E-state index contributed by atoms with van der Waals surface area (Å²) >= 11 is 6.19. The van der Waals surface area contributed by atoms with Crippen molar-refractivity contribution in [1.29, 1.82) is 0 Å². The van der Waals surface area contributed by atoms with Crippen LogP contribution < -0.4 is 4.74 Å². The van der Waals surface area contributed by atoms with Gasteiger partial charge in [-0.25, -0.2) is 14.5 Å². The number of hydrogen-bond acceptors (Lipinski definition) is 4. The molecule has 24 heavy (non-hydrogen) atoms. The molecule has 0 N–H and O–H groups in total. The molecule has 6 heteroatoms. The van der Waals surface area contributed by atoms with E-state index in [1.807, 2.05) is 50.2 Å². The molecule has 2 heterocycles. The first-order chi connectivity index (χ1) is 11.6. The van der Waals surface area contributed by atoms with Crippen LogP contribution in [-0.2, 0) is 6.61 Å². The maximum atomic E-state index is 6.19. The molecule has 4 aromatic rings. The van der Waals surface area contributed by atoms with E-state index in [9.17, 15) is 0 Å². The summed E-state index contributed by atoms with van der Waals surface area (Å²) in [6, 6.07) is 11.7. The first kappa shape index (κ1) is 14.9. The average Bonchev–Trinajstić information content (AvgIpc) is 3.01. The van der Waals surface area contributed by atoms with Gasteiger partial charge in [0.1, 0.15) is 18.7 Å². The second-order valence-electron chi connectivity index (χ2n) is 5.72. The summed E-state index contributed by atoms with van der Waals surface area (Å²) in [5.41, 5.74) is 3.66. The molecule has 0 aliphatic heterocycles. The number of rotatable bonds is 3. The Morgan fingerprint density at radius 3 is 2.67 bits per heavy atom. The predicted molar refractivity (Wildman–Crippen MR) is 93.5 cm³/mol. The number of para-hydroxylation sites is 1. The fraction of sp³-hybridized carbons (Fsp3) is 0.167. The fourth-order valence-electron chi connectivity index (χ4n) is 2.72. The zero-order valence-electron chi connectivity index (χ0n) is 13.3. The number of aromatic nitrogens is 4. The van der Waals surface area contributed by atoms with Gasteiger partial charge >= 0.3 is 0 Å². The minimum Gasteiger partial charge on any atom is -0.486 e. The van der Waals surface area contributed by atoms with Crippen molar-refractivity contribution in [2.45, 2.75) is 20.5 Å². The standard InChI is InChI=1S/C18H15ClN4O/c1-11-7-13(8-12(2)17(11)19)24-9-16-21-18-14-5-3-4-6-15(14)20-10-23(18)22-16/h3-8,10H,9H2,1-2H3. The minimum atomic E-state index is 0.288. The van der Waals surface area contributed by atoms with Gasteiger partial charge in [-0.1, -0.05) is 23.7 Å². The van der Waals surface area contributed by atoms with E-state index in [-0.39, 0.29) is 6.61 Å². The lowest BCUT2D eigenvalue weighted by Gasteiger charge is -2.08. The molecule has 0 unspecified atom stereocenters. The molecule has 0 saturated carbocycles. The average molecular weight is 339 g/mol. The van der Waals surface area contributed by atoms with Crippen LogP contribution in [0.1, 0.15) is 17.0 Å². The Labute approximate surface area is 143 Å². The van der Waals surface area contributed by atoms with Crippen molar-refractivity contribution < 1.29 is 4.74 Å². The second-order valence-corrected chi connectivity index (χ2v) is 6.10. The van der Waals surface area contributed by atoms with Crippen molar-refractivity contribution in [2.75, 3.05) is 0 Å². The quantitative estimate of drug-likeness (QED) is 0.563. The van der Waals surface area contributed by atoms with Crippen LogP contribution in [0.25, 0.3) is 16.6 Å². The van der Waals surface area contributed by atoms with Crippen molar-refractivity contribution in [2.24, 2.45) is 0 Å². The highest BCUT2D eigenvalue weighted by Crippen LogP contribution is 2.26. The molecule has 2 aromatic carbocycles. The van der Waals surface area contributed by atoms with Crippen molar-refractivity contribution in [3.05, 3.63) is 64.7 Å². The lowest BCUT2D eigenvalue weighted by atomic mass is 10.1. The number of ether oxygens (including phenoxy) is 1. The summed E-state index contributed by atoms with van der Waals surface area (Å²) in [6.45, 7) is 4.21. The van der Waals surface area contributed by atoms with E-state index < -0.39 is 0 Å². The Hall–Kier alpha value is -2.66. The summed E-state index contributed by atoms with van der Waals surface area (Å²) in [7, 11) is 0. The van der Waals surface area contributed by atoms with Gasteiger partial charge in [-0.2, -0.15) is 0 Å². The summed E-state index contributed by atoms with van der Waals surface area (Å²) in [5, 5.41) is 6.17. The molecule has 0 aliphatic carbocycles. The summed E-state index contributed by atoms with van der Waals surface area (Å²) in [4.78, 5) is 8.96. The van der Waals surface area contributed by atoms with Crippen LogP contribution in [0.15, 0.2) is 42.7 Å². The maximum Gasteiger partial charge on any atom is 0.189 e. The molecule has 4 rings (SSSR count). The molecule has 5 nitrogen and oxygen atoms in total. The zero-order valence-corrected chi connectivity index (χ0v) is 14.1. The summed E-state index contributed by atoms with van der Waals surface area (Å²) in [5.74, 6) is 1.37. The second kappa shape index (κ2) is 5.76. The van der Waals surface area contributed by atoms with E-state index in [0.717, 1.165) is 38.4 Å². The van der Waals surface area contributed by atoms with Crippen LogP contribution in [0.5, 0.6) is 5.75 Å². The fourth-order valence-corrected chi connectivity index (χ4v) is 2.83. The Morgan fingerprint density at radius 2 is 1.88 bits per heavy atom. The highest BCUT2D eigenvalue weighted by molar-refractivity contribution is 6.32. The molecule has 0 aliphatic rings. The number of hydrogen-bond donors (Lipinski definition) is 0. The maximum absolute atomic E-state index is 6.19. The predicted octanol–water partition coefficient (Wildman–Crippen LogP) is 4.13. The highest BCUT2D eigenvalue weighted by Gasteiger charge is 2.09. The van der Waals surface area contributed by atoms with Crippen LogP contribution >= 0.6 is 11.6 Å². The van der Waals surface area contributed by atoms with Crippen molar-refractivity contribution >= 4 is 28.2 Å². The van der Waals surface area contributed by atoms with Gasteiger partial charge in [-0.05, 0) is 49.2 Å². The molecule has 0 saturated heterocycles. The Bertz CT molecular complexity index is 1030. The van der Waals surface area contributed by atoms with Crippen molar-refractivity contribution in [1.82, 2.24) is 19.6 Å². The summed E-state index contributed by atoms with van der Waals surface area (Å²) in [6.07, 6.45) is 1.67. The van der Waals surface area contributed by atoms with E-state index in [1.165, 1.54) is 0 Å². The molecule has 2 aromatic heterocycles. The van der Waals surface area contributed by atoms with Gasteiger partial charge in [-0.3, -0.25) is 0 Å². The van der Waals surface area contributed by atoms with Crippen LogP contribution in [0.3, 0.4) is 0 Å². The van der Waals surface area contributed by atoms with Crippen molar-refractivity contribution in [3.63, 3.8) is 0 Å². The normalized spacial score (nSPS) is 11.3. The van der Waals surface area contributed by atoms with E-state index in [2.05, 4.69) is 15.1 Å². The Morgan fingerprint density at radius 1 is 1.12 bits per heavy atom. The van der Waals surface area contributed by atoms with Crippen LogP contribution in [0.4, 0.5) is 0 Å². The third-order valence-corrected chi connectivity index (χ3v) is 4.50. The van der Waals surface area contributed by atoms with E-state index in [1.54, 1.807) is 10.8 Å². The molecule has 0 amide bonds. The molecule has 0 radical (unpaired) electrons. The monoisotopic (exact) mass is 338 g/mol. The molecule has 0 fully saturated rings. The number of benzene rings is 2. The number of halogens is 1. The van der Waals surface area contributed by atoms with Crippen LogP contribution in [0, 0.1) is 13.8 Å². The van der Waals surface area contributed by atoms with Gasteiger partial charge in [0.2, 0.25) is 0 Å². The highest BCUT2D eigenvalue weighted by atomic mass is 35.5. The lowest BCUT2D eigenvalue weighted by Crippen LogP contribution is -1.99. The molecule has 0 atom stereocenters. The lowest BCUT2D eigenvalue weighted by molar-refractivity contribution is 0.295. The van der Waals surface area contributed by atoms with Crippen LogP contribution in [-0.4, -0.2) is 19.6 Å². The molecular weight excluding hydrogens is 324 g/mol. The van der Waals surface area contributed by atoms with E-state index in [0.29, 0.717) is 5.82 Å². The van der Waals surface area contributed by atoms with Gasteiger partial charge in [-0.15, -0.1) is 5.10 Å². The smallest absolute Gasteiger partial charge is 0.189 e. The van der Waals surface area contributed by atoms with Gasteiger partial charge in [0.25, 0.3) is 0 Å². The minimum absolute atomic E-state index is 0.288. The zero-order chi connectivity index (χ0) is 16.7. The third kappa shape index (κ3) is 2.57. The van der Waals surface area contributed by atoms with Gasteiger partial charge in [0, 0.05) is 10.4 Å². The SMILES string of the molecule is Cc1cc(OCc2nc3c4ccccc4ncn3n2)cc(C)c1Cl. The molecule has 0 bridgehead atoms. The molecule has 120 valence electrons. The Kier molecular flexibility index (Phi) is 3.58. The largest absolute Gasteiger partial charge is 0.486 e. The topological polar surface area (TPSA) is 52.3 Å². The van der Waals surface area contributed by atoms with Gasteiger partial charge in [0.15, 0.2) is 11.5 Å². The van der Waals surface area contributed by atoms with E-state index >= 15 is 0 Å². The summed E-state index contributed by atoms with van der Waals surface area (Å²) < 4.78 is 7.51. The number of fused-ring (bicyclic) bond motifs is 3. The van der Waals surface area contributed by atoms with Gasteiger partial charge in [0.05, 0.1) is 5.52 Å². The first-order valence-corrected chi connectivity index (χ1v) is 7.98. The van der Waals surface area contributed by atoms with E-state index in [4.69, 9.17) is 16.3 Å². The molecule has 0 spiro atoms. The molecular formula is C18H15ClN4O. The first-order valence-electron chi connectivity index (χ1n) is 7.60. The third-order valence-electron chi connectivity index (χ3n) is 3.90. The number of nitrogens with zero attached hydrogens (tertiary/aromatic N) is 4. The number of aryl methyl sites for hydroxylation is 2. The van der Waals surface area contributed by atoms with Gasteiger partial charge < -0.3 is 4.74 Å². The van der Waals surface area contributed by atoms with Crippen LogP contribution in [0.2, 0.25) is 5.02 Å².